The van der Waals surface area contributed by atoms with E-state index in [2.05, 4.69) is 6.58 Å². The smallest absolute Gasteiger partial charge is 0.334 e. The SMILES string of the molecule is C=C1C(=O)OC2C(O)C(C)C3C(OC(=O)C(C)=CC)CC(O)C3(C)C(O)C12. The maximum absolute atomic E-state index is 12.3. The molecular weight excluding hydrogens is 352 g/mol. The van der Waals surface area contributed by atoms with E-state index in [1.165, 1.54) is 0 Å². The van der Waals surface area contributed by atoms with Crippen LogP contribution in [0.15, 0.2) is 23.8 Å². The summed E-state index contributed by atoms with van der Waals surface area (Å²) < 4.78 is 10.9. The van der Waals surface area contributed by atoms with Crippen LogP contribution in [0.1, 0.15) is 34.1 Å². The molecule has 9 unspecified atom stereocenters. The number of hydrogen-bond acceptors (Lipinski definition) is 7. The topological polar surface area (TPSA) is 113 Å². The standard InChI is InChI=1S/C20H28O7/c1-6-8(2)18(24)26-11-7-12(21)20(5)14(11)10(4)15(22)16-13(17(20)23)9(3)19(25)27-16/h6,10-17,21-23H,3,7H2,1-2,4-5H3. The Bertz CT molecular complexity index is 698. The van der Waals surface area contributed by atoms with Crippen molar-refractivity contribution in [3.05, 3.63) is 23.8 Å². The fraction of sp³-hybridized carbons (Fsp3) is 0.700. The van der Waals surface area contributed by atoms with Crippen molar-refractivity contribution in [2.24, 2.45) is 23.2 Å². The summed E-state index contributed by atoms with van der Waals surface area (Å²) in [5.74, 6) is -2.94. The second-order valence-electron chi connectivity index (χ2n) is 8.27. The van der Waals surface area contributed by atoms with Gasteiger partial charge in [-0.05, 0) is 19.8 Å². The number of allylic oxidation sites excluding steroid dienone is 1. The van der Waals surface area contributed by atoms with Gasteiger partial charge in [-0.3, -0.25) is 0 Å². The number of carbonyl (C=O) groups excluding carboxylic acids is 2. The lowest BCUT2D eigenvalue weighted by molar-refractivity contribution is -0.152. The first-order valence-corrected chi connectivity index (χ1v) is 9.33. The summed E-state index contributed by atoms with van der Waals surface area (Å²) in [5, 5.41) is 32.9. The van der Waals surface area contributed by atoms with E-state index in [4.69, 9.17) is 9.47 Å². The summed E-state index contributed by atoms with van der Waals surface area (Å²) in [4.78, 5) is 24.2. The second kappa shape index (κ2) is 6.72. The quantitative estimate of drug-likeness (QED) is 0.478. The summed E-state index contributed by atoms with van der Waals surface area (Å²) >= 11 is 0. The molecule has 3 N–H and O–H groups in total. The Morgan fingerprint density at radius 1 is 1.37 bits per heavy atom. The van der Waals surface area contributed by atoms with Gasteiger partial charge in [0.15, 0.2) is 0 Å². The van der Waals surface area contributed by atoms with Crippen LogP contribution in [0, 0.1) is 23.2 Å². The first kappa shape index (κ1) is 20.0. The highest BCUT2D eigenvalue weighted by Gasteiger charge is 2.66. The van der Waals surface area contributed by atoms with Crippen LogP contribution in [-0.4, -0.2) is 57.8 Å². The van der Waals surface area contributed by atoms with Gasteiger partial charge < -0.3 is 24.8 Å². The Hall–Kier alpha value is -1.70. The molecule has 1 saturated heterocycles. The molecule has 2 aliphatic carbocycles. The van der Waals surface area contributed by atoms with Gasteiger partial charge >= 0.3 is 11.9 Å². The number of carbonyl (C=O) groups is 2. The molecule has 27 heavy (non-hydrogen) atoms. The van der Waals surface area contributed by atoms with Crippen molar-refractivity contribution in [3.63, 3.8) is 0 Å². The van der Waals surface area contributed by atoms with Crippen molar-refractivity contribution in [3.8, 4) is 0 Å². The van der Waals surface area contributed by atoms with Gasteiger partial charge in [0, 0.05) is 28.9 Å². The van der Waals surface area contributed by atoms with Gasteiger partial charge in [0.2, 0.25) is 0 Å². The molecule has 1 aliphatic heterocycles. The molecule has 9 atom stereocenters. The third-order valence-corrected chi connectivity index (χ3v) is 6.99. The largest absolute Gasteiger partial charge is 0.459 e. The average Bonchev–Trinajstić information content (AvgIpc) is 3.04. The van der Waals surface area contributed by atoms with Crippen LogP contribution in [0.4, 0.5) is 0 Å². The number of aliphatic hydroxyl groups is 3. The number of aliphatic hydroxyl groups excluding tert-OH is 3. The molecule has 0 bridgehead atoms. The maximum atomic E-state index is 12.3. The van der Waals surface area contributed by atoms with Crippen LogP contribution in [-0.2, 0) is 19.1 Å². The van der Waals surface area contributed by atoms with Gasteiger partial charge in [-0.2, -0.15) is 0 Å². The van der Waals surface area contributed by atoms with Gasteiger partial charge in [-0.15, -0.1) is 0 Å². The Kier molecular flexibility index (Phi) is 4.99. The Morgan fingerprint density at radius 2 is 2.00 bits per heavy atom. The Labute approximate surface area is 158 Å². The van der Waals surface area contributed by atoms with E-state index in [0.29, 0.717) is 5.57 Å². The second-order valence-corrected chi connectivity index (χ2v) is 8.27. The van der Waals surface area contributed by atoms with Crippen LogP contribution in [0.2, 0.25) is 0 Å². The minimum absolute atomic E-state index is 0.0954. The predicted molar refractivity (Wildman–Crippen MR) is 95.2 cm³/mol. The molecule has 2 saturated carbocycles. The van der Waals surface area contributed by atoms with E-state index in [1.54, 1.807) is 33.8 Å². The highest BCUT2D eigenvalue weighted by atomic mass is 16.6. The highest BCUT2D eigenvalue weighted by molar-refractivity contribution is 5.91. The molecular formula is C20H28O7. The van der Waals surface area contributed by atoms with E-state index in [0.717, 1.165) is 0 Å². The van der Waals surface area contributed by atoms with Crippen LogP contribution < -0.4 is 0 Å². The van der Waals surface area contributed by atoms with E-state index >= 15 is 0 Å². The first-order valence-electron chi connectivity index (χ1n) is 9.33. The molecule has 0 radical (unpaired) electrons. The van der Waals surface area contributed by atoms with E-state index in [9.17, 15) is 24.9 Å². The molecule has 3 aliphatic rings. The molecule has 0 aromatic heterocycles. The average molecular weight is 380 g/mol. The fourth-order valence-electron chi connectivity index (χ4n) is 5.17. The number of rotatable bonds is 2. The fourth-order valence-corrected chi connectivity index (χ4v) is 5.17. The summed E-state index contributed by atoms with van der Waals surface area (Å²) in [6.45, 7) is 10.6. The van der Waals surface area contributed by atoms with E-state index in [-0.39, 0.29) is 12.0 Å². The number of ether oxygens (including phenoxy) is 2. The van der Waals surface area contributed by atoms with Gasteiger partial charge in [-0.25, -0.2) is 9.59 Å². The zero-order valence-corrected chi connectivity index (χ0v) is 16.1. The Morgan fingerprint density at radius 3 is 2.59 bits per heavy atom. The minimum Gasteiger partial charge on any atom is -0.459 e. The van der Waals surface area contributed by atoms with Gasteiger partial charge in [-0.1, -0.05) is 26.5 Å². The van der Waals surface area contributed by atoms with Gasteiger partial charge in [0.05, 0.1) is 24.2 Å². The number of hydrogen-bond donors (Lipinski definition) is 3. The summed E-state index contributed by atoms with van der Waals surface area (Å²) in [6.07, 6.45) is -3.04. The molecule has 3 fully saturated rings. The maximum Gasteiger partial charge on any atom is 0.334 e. The molecule has 0 aromatic carbocycles. The summed E-state index contributed by atoms with van der Waals surface area (Å²) in [5.41, 5.74) is -0.552. The Balaban J connectivity index is 2.02. The zero-order chi connectivity index (χ0) is 20.3. The predicted octanol–water partition coefficient (Wildman–Crippen LogP) is 0.721. The normalized spacial score (nSPS) is 47.1. The van der Waals surface area contributed by atoms with E-state index in [1.807, 2.05) is 0 Å². The molecule has 7 nitrogen and oxygen atoms in total. The zero-order valence-electron chi connectivity index (χ0n) is 16.1. The van der Waals surface area contributed by atoms with Crippen molar-refractivity contribution >= 4 is 11.9 Å². The van der Waals surface area contributed by atoms with Crippen LogP contribution in [0.3, 0.4) is 0 Å². The van der Waals surface area contributed by atoms with Crippen molar-refractivity contribution in [2.45, 2.75) is 64.6 Å². The van der Waals surface area contributed by atoms with Crippen LogP contribution in [0.25, 0.3) is 0 Å². The molecule has 0 amide bonds. The monoisotopic (exact) mass is 380 g/mol. The van der Waals surface area contributed by atoms with Crippen molar-refractivity contribution < 1.29 is 34.4 Å². The molecule has 150 valence electrons. The molecule has 0 spiro atoms. The van der Waals surface area contributed by atoms with Crippen molar-refractivity contribution in [1.82, 2.24) is 0 Å². The molecule has 3 rings (SSSR count). The molecule has 7 heteroatoms. The first-order chi connectivity index (χ1) is 12.5. The highest BCUT2D eigenvalue weighted by Crippen LogP contribution is 2.57. The lowest BCUT2D eigenvalue weighted by atomic mass is 9.67. The van der Waals surface area contributed by atoms with Gasteiger partial charge in [0.25, 0.3) is 0 Å². The lowest BCUT2D eigenvalue weighted by Crippen LogP contribution is -2.49. The van der Waals surface area contributed by atoms with Crippen molar-refractivity contribution in [1.29, 1.82) is 0 Å². The molecule has 1 heterocycles. The summed E-state index contributed by atoms with van der Waals surface area (Å²) in [7, 11) is 0. The summed E-state index contributed by atoms with van der Waals surface area (Å²) in [6, 6.07) is 0. The third kappa shape index (κ3) is 2.75. The number of fused-ring (bicyclic) bond motifs is 2. The molecule has 0 aromatic rings. The lowest BCUT2D eigenvalue weighted by Gasteiger charge is -2.41. The third-order valence-electron chi connectivity index (χ3n) is 6.99. The van der Waals surface area contributed by atoms with Crippen LogP contribution in [0.5, 0.6) is 0 Å². The van der Waals surface area contributed by atoms with Crippen molar-refractivity contribution in [2.75, 3.05) is 0 Å². The minimum atomic E-state index is -1.17. The number of esters is 2. The van der Waals surface area contributed by atoms with Gasteiger partial charge in [0.1, 0.15) is 12.2 Å². The van der Waals surface area contributed by atoms with Crippen LogP contribution >= 0.6 is 0 Å². The van der Waals surface area contributed by atoms with E-state index < -0.39 is 65.6 Å².